The van der Waals surface area contributed by atoms with Gasteiger partial charge in [-0.1, -0.05) is 30.3 Å². The van der Waals surface area contributed by atoms with Gasteiger partial charge in [0.05, 0.1) is 7.11 Å². The molecule has 0 saturated carbocycles. The van der Waals surface area contributed by atoms with Crippen LogP contribution in [0.15, 0.2) is 60.7 Å². The Morgan fingerprint density at radius 2 is 1.87 bits per heavy atom. The summed E-state index contributed by atoms with van der Waals surface area (Å²) in [4.78, 5) is 16.4. The SMILES string of the molecule is COc1ccc2[nH]c(-c3ccccc3)c(CC3Oc4cc(O)cc(O)c4C3=O)c2c1. The third-order valence-electron chi connectivity index (χ3n) is 5.44. The molecular formula is C24H19NO5. The van der Waals surface area contributed by atoms with E-state index in [1.165, 1.54) is 6.07 Å². The number of H-pyrrole nitrogens is 1. The van der Waals surface area contributed by atoms with Crippen LogP contribution < -0.4 is 9.47 Å². The van der Waals surface area contributed by atoms with Gasteiger partial charge in [-0.05, 0) is 29.3 Å². The van der Waals surface area contributed by atoms with Crippen LogP contribution >= 0.6 is 0 Å². The fraction of sp³-hybridized carbons (Fsp3) is 0.125. The zero-order chi connectivity index (χ0) is 20.8. The van der Waals surface area contributed by atoms with Gasteiger partial charge in [0, 0.05) is 35.2 Å². The zero-order valence-electron chi connectivity index (χ0n) is 16.2. The molecular weight excluding hydrogens is 382 g/mol. The molecule has 3 aromatic carbocycles. The van der Waals surface area contributed by atoms with Crippen molar-refractivity contribution in [2.24, 2.45) is 0 Å². The fourth-order valence-corrected chi connectivity index (χ4v) is 4.03. The van der Waals surface area contributed by atoms with Gasteiger partial charge in [0.2, 0.25) is 5.78 Å². The third kappa shape index (κ3) is 2.85. The Balaban J connectivity index is 1.62. The molecule has 1 aliphatic rings. The minimum atomic E-state index is -0.805. The number of phenols is 2. The van der Waals surface area contributed by atoms with Crippen molar-refractivity contribution in [1.82, 2.24) is 4.98 Å². The number of benzene rings is 3. The van der Waals surface area contributed by atoms with Crippen LogP contribution in [0.5, 0.6) is 23.0 Å². The number of hydrogen-bond donors (Lipinski definition) is 3. The highest BCUT2D eigenvalue weighted by molar-refractivity contribution is 6.07. The third-order valence-corrected chi connectivity index (χ3v) is 5.44. The molecule has 3 N–H and O–H groups in total. The van der Waals surface area contributed by atoms with Gasteiger partial charge in [-0.25, -0.2) is 0 Å². The number of phenolic OH excluding ortho intramolecular Hbond substituents is 2. The van der Waals surface area contributed by atoms with Gasteiger partial charge in [-0.15, -0.1) is 0 Å². The van der Waals surface area contributed by atoms with E-state index in [-0.39, 0.29) is 28.6 Å². The number of hydrogen-bond acceptors (Lipinski definition) is 5. The number of Topliss-reactive ketones (excluding diaryl/α,β-unsaturated/α-hetero) is 1. The number of ether oxygens (including phenoxy) is 2. The van der Waals surface area contributed by atoms with Crippen LogP contribution in [0.1, 0.15) is 15.9 Å². The average Bonchev–Trinajstić information content (AvgIpc) is 3.26. The van der Waals surface area contributed by atoms with Crippen molar-refractivity contribution < 1.29 is 24.5 Å². The summed E-state index contributed by atoms with van der Waals surface area (Å²) >= 11 is 0. The second kappa shape index (κ2) is 6.84. The second-order valence-electron chi connectivity index (χ2n) is 7.27. The molecule has 0 spiro atoms. The summed E-state index contributed by atoms with van der Waals surface area (Å²) in [5.41, 5.74) is 3.85. The van der Waals surface area contributed by atoms with Crippen molar-refractivity contribution in [3.05, 3.63) is 71.8 Å². The van der Waals surface area contributed by atoms with Crippen LogP contribution in [0, 0.1) is 0 Å². The Hall–Kier alpha value is -3.93. The molecule has 0 fully saturated rings. The lowest BCUT2D eigenvalue weighted by Gasteiger charge is -2.11. The predicted molar refractivity (Wildman–Crippen MR) is 113 cm³/mol. The number of aromatic hydroxyl groups is 2. The van der Waals surface area contributed by atoms with Crippen LogP contribution in [-0.2, 0) is 6.42 Å². The topological polar surface area (TPSA) is 91.8 Å². The van der Waals surface area contributed by atoms with Gasteiger partial charge in [0.25, 0.3) is 0 Å². The first-order chi connectivity index (χ1) is 14.5. The molecule has 5 rings (SSSR count). The normalized spacial score (nSPS) is 15.2. The lowest BCUT2D eigenvalue weighted by Crippen LogP contribution is -2.23. The first-order valence-corrected chi connectivity index (χ1v) is 9.56. The Bertz CT molecular complexity index is 1280. The number of carbonyl (C=O) groups is 1. The van der Waals surface area contributed by atoms with E-state index < -0.39 is 6.10 Å². The molecule has 0 bridgehead atoms. The van der Waals surface area contributed by atoms with Crippen molar-refractivity contribution in [3.63, 3.8) is 0 Å². The summed E-state index contributed by atoms with van der Waals surface area (Å²) in [6.45, 7) is 0. The summed E-state index contributed by atoms with van der Waals surface area (Å²) in [5, 5.41) is 20.8. The van der Waals surface area contributed by atoms with Gasteiger partial charge in [0.15, 0.2) is 6.10 Å². The smallest absolute Gasteiger partial charge is 0.211 e. The molecule has 4 aromatic rings. The van der Waals surface area contributed by atoms with Gasteiger partial charge in [0.1, 0.15) is 28.6 Å². The van der Waals surface area contributed by atoms with Crippen molar-refractivity contribution in [3.8, 4) is 34.3 Å². The Kier molecular flexibility index (Phi) is 4.13. The molecule has 30 heavy (non-hydrogen) atoms. The van der Waals surface area contributed by atoms with Crippen LogP contribution in [0.25, 0.3) is 22.2 Å². The average molecular weight is 401 g/mol. The molecule has 150 valence electrons. The second-order valence-corrected chi connectivity index (χ2v) is 7.27. The maximum atomic E-state index is 13.0. The van der Waals surface area contributed by atoms with Crippen molar-refractivity contribution in [2.45, 2.75) is 12.5 Å². The number of methoxy groups -OCH3 is 1. The van der Waals surface area contributed by atoms with Gasteiger partial charge in [-0.2, -0.15) is 0 Å². The van der Waals surface area contributed by atoms with E-state index >= 15 is 0 Å². The summed E-state index contributed by atoms with van der Waals surface area (Å²) in [6.07, 6.45) is -0.508. The maximum Gasteiger partial charge on any atom is 0.211 e. The number of ketones is 1. The molecule has 0 amide bonds. The summed E-state index contributed by atoms with van der Waals surface area (Å²) in [6, 6.07) is 18.1. The van der Waals surface area contributed by atoms with E-state index in [9.17, 15) is 15.0 Å². The molecule has 1 unspecified atom stereocenters. The molecule has 1 aliphatic heterocycles. The fourth-order valence-electron chi connectivity index (χ4n) is 4.03. The number of nitrogens with one attached hydrogen (secondary N) is 1. The molecule has 0 aliphatic carbocycles. The standard InChI is InChI=1S/C24H19NO5/c1-29-15-7-8-18-16(11-15)17(23(25-18)13-5-3-2-4-6-13)12-21-24(28)22-19(27)9-14(26)10-20(22)30-21/h2-11,21,25-27H,12H2,1H3. The molecule has 6 nitrogen and oxygen atoms in total. The van der Waals surface area contributed by atoms with Gasteiger partial charge < -0.3 is 24.7 Å². The van der Waals surface area contributed by atoms with E-state index in [2.05, 4.69) is 4.98 Å². The van der Waals surface area contributed by atoms with E-state index in [0.717, 1.165) is 33.8 Å². The highest BCUT2D eigenvalue weighted by atomic mass is 16.5. The highest BCUT2D eigenvalue weighted by Crippen LogP contribution is 2.41. The Labute approximate surface area is 172 Å². The molecule has 0 saturated heterocycles. The van der Waals surface area contributed by atoms with Crippen molar-refractivity contribution >= 4 is 16.7 Å². The zero-order valence-corrected chi connectivity index (χ0v) is 16.2. The first kappa shape index (κ1) is 18.1. The number of fused-ring (bicyclic) bond motifs is 2. The minimum Gasteiger partial charge on any atom is -0.508 e. The van der Waals surface area contributed by atoms with E-state index in [1.807, 2.05) is 48.5 Å². The Morgan fingerprint density at radius 3 is 2.63 bits per heavy atom. The largest absolute Gasteiger partial charge is 0.508 e. The van der Waals surface area contributed by atoms with Gasteiger partial charge >= 0.3 is 0 Å². The molecule has 1 aromatic heterocycles. The summed E-state index contributed by atoms with van der Waals surface area (Å²) in [7, 11) is 1.61. The lowest BCUT2D eigenvalue weighted by atomic mass is 9.97. The molecule has 2 heterocycles. The summed E-state index contributed by atoms with van der Waals surface area (Å²) < 4.78 is 11.2. The lowest BCUT2D eigenvalue weighted by molar-refractivity contribution is 0.0857. The highest BCUT2D eigenvalue weighted by Gasteiger charge is 2.36. The molecule has 1 atom stereocenters. The predicted octanol–water partition coefficient (Wildman–Crippen LogP) is 4.44. The minimum absolute atomic E-state index is 0.108. The van der Waals surface area contributed by atoms with E-state index in [1.54, 1.807) is 7.11 Å². The van der Waals surface area contributed by atoms with E-state index in [0.29, 0.717) is 12.2 Å². The van der Waals surface area contributed by atoms with E-state index in [4.69, 9.17) is 9.47 Å². The van der Waals surface area contributed by atoms with Crippen molar-refractivity contribution in [2.75, 3.05) is 7.11 Å². The molecule has 6 heteroatoms. The Morgan fingerprint density at radius 1 is 1.07 bits per heavy atom. The first-order valence-electron chi connectivity index (χ1n) is 9.56. The number of rotatable bonds is 4. The van der Waals surface area contributed by atoms with Crippen LogP contribution in [0.3, 0.4) is 0 Å². The van der Waals surface area contributed by atoms with Gasteiger partial charge in [-0.3, -0.25) is 4.79 Å². The number of aromatic nitrogens is 1. The van der Waals surface area contributed by atoms with Crippen LogP contribution in [0.4, 0.5) is 0 Å². The van der Waals surface area contributed by atoms with Crippen LogP contribution in [0.2, 0.25) is 0 Å². The maximum absolute atomic E-state index is 13.0. The number of carbonyl (C=O) groups excluding carboxylic acids is 1. The quantitative estimate of drug-likeness (QED) is 0.470. The van der Waals surface area contributed by atoms with Crippen LogP contribution in [-0.4, -0.2) is 34.2 Å². The molecule has 0 radical (unpaired) electrons. The number of aromatic amines is 1. The summed E-state index contributed by atoms with van der Waals surface area (Å²) in [5.74, 6) is 0.176. The monoisotopic (exact) mass is 401 g/mol. The van der Waals surface area contributed by atoms with Crippen molar-refractivity contribution in [1.29, 1.82) is 0 Å².